The van der Waals surface area contributed by atoms with Crippen LogP contribution in [0.15, 0.2) is 17.0 Å². The molecular weight excluding hydrogens is 374 g/mol. The van der Waals surface area contributed by atoms with Gasteiger partial charge in [-0.05, 0) is 0 Å². The van der Waals surface area contributed by atoms with Gasteiger partial charge in [-0.25, -0.2) is 13.2 Å². The Balaban J connectivity index is 0.000000823. The minimum absolute atomic E-state index is 0.0566. The normalized spacial score (nSPS) is 10.6. The molecule has 0 saturated carbocycles. The van der Waals surface area contributed by atoms with Gasteiger partial charge in [0.2, 0.25) is 16.1 Å². The number of rotatable bonds is 5. The molecule has 0 heterocycles. The van der Waals surface area contributed by atoms with Gasteiger partial charge >= 0.3 is 6.09 Å². The van der Waals surface area contributed by atoms with Gasteiger partial charge in [-0.15, -0.1) is 0 Å². The summed E-state index contributed by atoms with van der Waals surface area (Å²) in [6.07, 6.45) is 3.72. The lowest BCUT2D eigenvalue weighted by atomic mass is 10.3. The molecular formula is C14H23NO8S2. The smallest absolute Gasteiger partial charge is 0.414 e. The standard InChI is InChI=1S/C13H20NO4S.CH4O4S/c1-14(2)13(15)18-12-10(16-3)7-9(19(5)6)8-11(12)17-4;1-5-6(2,3)4/h7-8H,1-6H3;1H3,(H,2,3,4)/q+1;/p-1. The van der Waals surface area contributed by atoms with E-state index in [0.717, 1.165) is 12.0 Å². The number of amides is 1. The predicted molar refractivity (Wildman–Crippen MR) is 93.4 cm³/mol. The second-order valence-electron chi connectivity index (χ2n) is 4.81. The van der Waals surface area contributed by atoms with Crippen molar-refractivity contribution < 1.29 is 36.2 Å². The first kappa shape index (κ1) is 23.3. The van der Waals surface area contributed by atoms with Crippen LogP contribution in [-0.4, -0.2) is 71.9 Å². The van der Waals surface area contributed by atoms with Gasteiger partial charge in [-0.2, -0.15) is 0 Å². The van der Waals surface area contributed by atoms with Crippen molar-refractivity contribution in [2.24, 2.45) is 0 Å². The second-order valence-corrected chi connectivity index (χ2v) is 8.06. The first-order valence-electron chi connectivity index (χ1n) is 6.71. The Morgan fingerprint density at radius 3 is 1.72 bits per heavy atom. The molecule has 1 aromatic carbocycles. The lowest BCUT2D eigenvalue weighted by Crippen LogP contribution is -2.25. The fraction of sp³-hybridized carbons (Fsp3) is 0.500. The Kier molecular flexibility index (Phi) is 9.64. The lowest BCUT2D eigenvalue weighted by molar-refractivity contribution is 0.168. The summed E-state index contributed by atoms with van der Waals surface area (Å²) in [7, 11) is 2.76. The Morgan fingerprint density at radius 2 is 1.48 bits per heavy atom. The molecule has 0 aliphatic carbocycles. The largest absolute Gasteiger partial charge is 0.726 e. The van der Waals surface area contributed by atoms with Crippen molar-refractivity contribution in [2.75, 3.05) is 47.9 Å². The first-order chi connectivity index (χ1) is 11.5. The topological polar surface area (TPSA) is 114 Å². The molecule has 0 bridgehead atoms. The minimum Gasteiger partial charge on any atom is -0.726 e. The van der Waals surface area contributed by atoms with Crippen LogP contribution in [0.25, 0.3) is 0 Å². The molecule has 0 aliphatic rings. The van der Waals surface area contributed by atoms with Gasteiger partial charge in [0, 0.05) is 37.1 Å². The van der Waals surface area contributed by atoms with Crippen molar-refractivity contribution >= 4 is 27.4 Å². The molecule has 0 aliphatic heterocycles. The Labute approximate surface area is 151 Å². The van der Waals surface area contributed by atoms with Crippen molar-refractivity contribution in [1.82, 2.24) is 4.90 Å². The Bertz CT molecular complexity index is 648. The zero-order valence-electron chi connectivity index (χ0n) is 15.2. The summed E-state index contributed by atoms with van der Waals surface area (Å²) < 4.78 is 46.9. The molecule has 0 atom stereocenters. The highest BCUT2D eigenvalue weighted by atomic mass is 32.3. The highest BCUT2D eigenvalue weighted by molar-refractivity contribution is 7.95. The molecule has 0 radical (unpaired) electrons. The van der Waals surface area contributed by atoms with Crippen molar-refractivity contribution in [2.45, 2.75) is 4.90 Å². The number of nitrogens with zero attached hydrogens (tertiary/aromatic N) is 1. The van der Waals surface area contributed by atoms with E-state index in [0.29, 0.717) is 17.2 Å². The quantitative estimate of drug-likeness (QED) is 0.412. The van der Waals surface area contributed by atoms with E-state index in [1.807, 2.05) is 12.1 Å². The second kappa shape index (κ2) is 10.3. The van der Waals surface area contributed by atoms with Gasteiger partial charge in [0.25, 0.3) is 0 Å². The van der Waals surface area contributed by atoms with Crippen LogP contribution in [0.3, 0.4) is 0 Å². The van der Waals surface area contributed by atoms with Crippen LogP contribution in [0.5, 0.6) is 17.2 Å². The molecule has 0 N–H and O–H groups in total. The predicted octanol–water partition coefficient (Wildman–Crippen LogP) is 1.09. The number of carbonyl (C=O) groups is 1. The van der Waals surface area contributed by atoms with Crippen LogP contribution in [0.4, 0.5) is 4.79 Å². The summed E-state index contributed by atoms with van der Waals surface area (Å²) >= 11 is 0. The lowest BCUT2D eigenvalue weighted by Gasteiger charge is -2.16. The van der Waals surface area contributed by atoms with Gasteiger partial charge < -0.3 is 23.7 Å². The van der Waals surface area contributed by atoms with Crippen LogP contribution < -0.4 is 14.2 Å². The Morgan fingerprint density at radius 1 is 1.08 bits per heavy atom. The van der Waals surface area contributed by atoms with Crippen molar-refractivity contribution in [1.29, 1.82) is 0 Å². The van der Waals surface area contributed by atoms with Crippen LogP contribution in [-0.2, 0) is 25.5 Å². The summed E-state index contributed by atoms with van der Waals surface area (Å²) in [6, 6.07) is 3.73. The molecule has 0 spiro atoms. The van der Waals surface area contributed by atoms with Gasteiger partial charge in [-0.1, -0.05) is 0 Å². The SMILES string of the molecule is COS(=O)(=O)[O-].COc1cc([S+](C)C)cc(OC)c1OC(=O)N(C)C. The zero-order chi connectivity index (χ0) is 19.8. The number of methoxy groups -OCH3 is 2. The van der Waals surface area contributed by atoms with Gasteiger partial charge in [0.15, 0.2) is 16.4 Å². The van der Waals surface area contributed by atoms with Crippen LogP contribution in [0.1, 0.15) is 0 Å². The number of ether oxygens (including phenoxy) is 3. The van der Waals surface area contributed by atoms with Crippen molar-refractivity contribution in [3.05, 3.63) is 12.1 Å². The summed E-state index contributed by atoms with van der Waals surface area (Å²) in [4.78, 5) is 14.1. The third-order valence-electron chi connectivity index (χ3n) is 2.66. The van der Waals surface area contributed by atoms with Gasteiger partial charge in [0.1, 0.15) is 12.5 Å². The third-order valence-corrected chi connectivity index (χ3v) is 4.25. The monoisotopic (exact) mass is 397 g/mol. The molecule has 0 unspecified atom stereocenters. The van der Waals surface area contributed by atoms with E-state index in [9.17, 15) is 17.8 Å². The van der Waals surface area contributed by atoms with Gasteiger partial charge in [-0.3, -0.25) is 4.18 Å². The molecule has 1 aromatic rings. The molecule has 25 heavy (non-hydrogen) atoms. The van der Waals surface area contributed by atoms with Crippen LogP contribution in [0.2, 0.25) is 0 Å². The molecule has 0 fully saturated rings. The van der Waals surface area contributed by atoms with E-state index in [1.165, 1.54) is 19.1 Å². The van der Waals surface area contributed by atoms with E-state index in [1.54, 1.807) is 14.1 Å². The van der Waals surface area contributed by atoms with E-state index in [-0.39, 0.29) is 10.9 Å². The summed E-state index contributed by atoms with van der Waals surface area (Å²) in [5.41, 5.74) is 0. The average molecular weight is 397 g/mol. The maximum atomic E-state index is 11.7. The van der Waals surface area contributed by atoms with E-state index >= 15 is 0 Å². The molecule has 144 valence electrons. The van der Waals surface area contributed by atoms with Gasteiger partial charge in [0.05, 0.1) is 21.3 Å². The fourth-order valence-electron chi connectivity index (χ4n) is 1.37. The number of hydrogen-bond donors (Lipinski definition) is 0. The molecule has 11 heteroatoms. The molecule has 0 saturated heterocycles. The van der Waals surface area contributed by atoms with Crippen LogP contribution in [0, 0.1) is 0 Å². The number of benzene rings is 1. The number of hydrogen-bond acceptors (Lipinski definition) is 8. The molecule has 9 nitrogen and oxygen atoms in total. The maximum Gasteiger partial charge on any atom is 0.414 e. The molecule has 0 aromatic heterocycles. The third kappa shape index (κ3) is 8.29. The molecule has 1 rings (SSSR count). The Hall–Kier alpha value is -1.69. The van der Waals surface area contributed by atoms with Crippen molar-refractivity contribution in [3.63, 3.8) is 0 Å². The highest BCUT2D eigenvalue weighted by Crippen LogP contribution is 2.40. The highest BCUT2D eigenvalue weighted by Gasteiger charge is 2.22. The summed E-state index contributed by atoms with van der Waals surface area (Å²) in [6.45, 7) is 0. The molecule has 1 amide bonds. The number of carbonyl (C=O) groups excluding carboxylic acids is 1. The van der Waals surface area contributed by atoms with Crippen molar-refractivity contribution in [3.8, 4) is 17.2 Å². The fourth-order valence-corrected chi connectivity index (χ4v) is 2.06. The minimum atomic E-state index is -4.41. The summed E-state index contributed by atoms with van der Waals surface area (Å²) in [5.74, 6) is 1.29. The summed E-state index contributed by atoms with van der Waals surface area (Å²) in [5, 5.41) is 0. The average Bonchev–Trinajstić information content (AvgIpc) is 2.54. The zero-order valence-corrected chi connectivity index (χ0v) is 16.8. The van der Waals surface area contributed by atoms with E-state index in [2.05, 4.69) is 16.7 Å². The maximum absolute atomic E-state index is 11.7. The first-order valence-corrected chi connectivity index (χ1v) is 10.1. The van der Waals surface area contributed by atoms with Crippen LogP contribution >= 0.6 is 0 Å². The van der Waals surface area contributed by atoms with E-state index in [4.69, 9.17) is 14.2 Å². The van der Waals surface area contributed by atoms with E-state index < -0.39 is 16.5 Å².